The van der Waals surface area contributed by atoms with Crippen molar-refractivity contribution in [3.8, 4) is 0 Å². The van der Waals surface area contributed by atoms with E-state index in [0.717, 1.165) is 6.42 Å². The molecule has 0 unspecified atom stereocenters. The summed E-state index contributed by atoms with van der Waals surface area (Å²) in [5.74, 6) is 0. The molecule has 0 bridgehead atoms. The molecule has 2 N–H and O–H groups in total. The van der Waals surface area contributed by atoms with Gasteiger partial charge in [0.15, 0.2) is 0 Å². The summed E-state index contributed by atoms with van der Waals surface area (Å²) >= 11 is 0. The summed E-state index contributed by atoms with van der Waals surface area (Å²) in [5, 5.41) is 0. The van der Waals surface area contributed by atoms with Crippen LogP contribution in [-0.4, -0.2) is 5.48 Å². The Morgan fingerprint density at radius 3 is 1.12 bits per heavy atom. The van der Waals surface area contributed by atoms with Crippen molar-refractivity contribution in [1.29, 1.82) is 0 Å². The van der Waals surface area contributed by atoms with Gasteiger partial charge in [-0.25, -0.2) is 0 Å². The molecule has 0 aliphatic carbocycles. The second-order valence-electron chi connectivity index (χ2n) is 5.10. The van der Waals surface area contributed by atoms with Gasteiger partial charge in [0.1, 0.15) is 0 Å². The van der Waals surface area contributed by atoms with Crippen molar-refractivity contribution >= 4 is 0 Å². The summed E-state index contributed by atoms with van der Waals surface area (Å²) in [6.45, 7) is 6.16. The highest BCUT2D eigenvalue weighted by atomic mass is 16.0. The van der Waals surface area contributed by atoms with Crippen LogP contribution in [0.2, 0.25) is 0 Å². The van der Waals surface area contributed by atoms with Crippen molar-refractivity contribution in [3.63, 3.8) is 0 Å². The molecule has 0 saturated carbocycles. The Balaban J connectivity index is 0. The van der Waals surface area contributed by atoms with E-state index in [4.69, 9.17) is 0 Å². The Hall–Kier alpha value is -0.0400. The molecule has 0 heterocycles. The van der Waals surface area contributed by atoms with Gasteiger partial charge in [-0.05, 0) is 0 Å². The molecule has 0 amide bonds. The molecule has 0 atom stereocenters. The van der Waals surface area contributed by atoms with E-state index in [0.29, 0.717) is 0 Å². The number of hydrogen-bond donors (Lipinski definition) is 0. The van der Waals surface area contributed by atoms with Crippen LogP contribution in [0, 0.1) is 6.92 Å². The first-order valence-electron chi connectivity index (χ1n) is 7.71. The lowest BCUT2D eigenvalue weighted by molar-refractivity contribution is 0.540. The maximum Gasteiger partial charge on any atom is -0.0533 e. The molecule has 1 heteroatoms. The summed E-state index contributed by atoms with van der Waals surface area (Å²) in [6.07, 6.45) is 19.8. The van der Waals surface area contributed by atoms with Crippen molar-refractivity contribution in [2.24, 2.45) is 0 Å². The van der Waals surface area contributed by atoms with E-state index in [1.165, 1.54) is 83.5 Å². The number of unbranched alkanes of at least 4 members (excludes halogenated alkanes) is 13. The molecule has 0 aromatic heterocycles. The minimum absolute atomic E-state index is 0. The summed E-state index contributed by atoms with van der Waals surface area (Å²) in [6, 6.07) is 0. The van der Waals surface area contributed by atoms with Crippen LogP contribution >= 0.6 is 0 Å². The topological polar surface area (TPSA) is 31.5 Å². The van der Waals surface area contributed by atoms with Crippen molar-refractivity contribution in [1.82, 2.24) is 0 Å². The van der Waals surface area contributed by atoms with Gasteiger partial charge in [-0.1, -0.05) is 104 Å². The molecule has 0 aliphatic heterocycles. The van der Waals surface area contributed by atoms with Crippen molar-refractivity contribution in [2.75, 3.05) is 0 Å². The Morgan fingerprint density at radius 2 is 0.824 bits per heavy atom. The Bertz CT molecular complexity index is 98.1. The maximum atomic E-state index is 3.87. The van der Waals surface area contributed by atoms with Gasteiger partial charge in [0.2, 0.25) is 0 Å². The average Bonchev–Trinajstić information content (AvgIpc) is 2.31. The quantitative estimate of drug-likeness (QED) is 0.384. The fourth-order valence-corrected chi connectivity index (χ4v) is 2.19. The third kappa shape index (κ3) is 18.5. The molecule has 0 spiro atoms. The first-order chi connectivity index (χ1) is 7.91. The first kappa shape index (κ1) is 19.3. The molecule has 0 fully saturated rings. The van der Waals surface area contributed by atoms with Gasteiger partial charge < -0.3 is 5.48 Å². The number of hydrogen-bond acceptors (Lipinski definition) is 0. The standard InChI is InChI=1S/C16H33.H2O/c1-3-5-7-9-11-13-15-16-14-12-10-8-6-4-2;/h1,3-16H2,2H3;1H2. The summed E-state index contributed by atoms with van der Waals surface area (Å²) in [5.41, 5.74) is 0. The highest BCUT2D eigenvalue weighted by Crippen LogP contribution is 2.12. The lowest BCUT2D eigenvalue weighted by atomic mass is 10.0. The normalized spacial score (nSPS) is 10.2. The maximum absolute atomic E-state index is 3.87. The first-order valence-corrected chi connectivity index (χ1v) is 7.71. The zero-order chi connectivity index (χ0) is 11.9. The van der Waals surface area contributed by atoms with Gasteiger partial charge in [0.05, 0.1) is 0 Å². The van der Waals surface area contributed by atoms with Gasteiger partial charge >= 0.3 is 0 Å². The molecule has 0 aliphatic rings. The highest BCUT2D eigenvalue weighted by molar-refractivity contribution is 4.49. The Morgan fingerprint density at radius 1 is 0.529 bits per heavy atom. The van der Waals surface area contributed by atoms with Gasteiger partial charge in [0.25, 0.3) is 0 Å². The second kappa shape index (κ2) is 18.3. The van der Waals surface area contributed by atoms with Crippen molar-refractivity contribution in [2.45, 2.75) is 96.8 Å². The Kier molecular flexibility index (Phi) is 20.8. The van der Waals surface area contributed by atoms with Gasteiger partial charge in [-0.15, -0.1) is 0 Å². The fraction of sp³-hybridized carbons (Fsp3) is 0.938. The summed E-state index contributed by atoms with van der Waals surface area (Å²) in [7, 11) is 0. The lowest BCUT2D eigenvalue weighted by Gasteiger charge is -2.02. The lowest BCUT2D eigenvalue weighted by Crippen LogP contribution is -1.82. The van der Waals surface area contributed by atoms with E-state index < -0.39 is 0 Å². The van der Waals surface area contributed by atoms with E-state index in [2.05, 4.69) is 13.8 Å². The molecule has 17 heavy (non-hydrogen) atoms. The monoisotopic (exact) mass is 243 g/mol. The van der Waals surface area contributed by atoms with Crippen LogP contribution in [0.3, 0.4) is 0 Å². The van der Waals surface area contributed by atoms with Crippen LogP contribution in [0.25, 0.3) is 0 Å². The van der Waals surface area contributed by atoms with Crippen LogP contribution in [0.5, 0.6) is 0 Å². The summed E-state index contributed by atoms with van der Waals surface area (Å²) in [4.78, 5) is 0. The fourth-order valence-electron chi connectivity index (χ4n) is 2.19. The average molecular weight is 243 g/mol. The molecule has 0 rings (SSSR count). The van der Waals surface area contributed by atoms with Crippen LogP contribution < -0.4 is 0 Å². The second-order valence-corrected chi connectivity index (χ2v) is 5.10. The minimum Gasteiger partial charge on any atom is -0.412 e. The zero-order valence-corrected chi connectivity index (χ0v) is 12.1. The van der Waals surface area contributed by atoms with Gasteiger partial charge in [0, 0.05) is 0 Å². The van der Waals surface area contributed by atoms with Gasteiger partial charge in [-0.3, -0.25) is 0 Å². The smallest absolute Gasteiger partial charge is 0.0533 e. The molecular weight excluding hydrogens is 208 g/mol. The molecule has 1 nitrogen and oxygen atoms in total. The van der Waals surface area contributed by atoms with E-state index >= 15 is 0 Å². The summed E-state index contributed by atoms with van der Waals surface area (Å²) < 4.78 is 0. The molecule has 0 aromatic rings. The third-order valence-corrected chi connectivity index (χ3v) is 3.35. The van der Waals surface area contributed by atoms with E-state index in [9.17, 15) is 0 Å². The largest absolute Gasteiger partial charge is 0.412 e. The predicted octanol–water partition coefficient (Wildman–Crippen LogP) is 5.48. The van der Waals surface area contributed by atoms with E-state index in [1.54, 1.807) is 0 Å². The van der Waals surface area contributed by atoms with E-state index in [1.807, 2.05) is 0 Å². The zero-order valence-electron chi connectivity index (χ0n) is 12.1. The van der Waals surface area contributed by atoms with Crippen molar-refractivity contribution < 1.29 is 5.48 Å². The van der Waals surface area contributed by atoms with Gasteiger partial charge in [-0.2, -0.15) is 0 Å². The molecule has 105 valence electrons. The van der Waals surface area contributed by atoms with Crippen LogP contribution in [0.4, 0.5) is 0 Å². The third-order valence-electron chi connectivity index (χ3n) is 3.35. The predicted molar refractivity (Wildman–Crippen MR) is 79.3 cm³/mol. The van der Waals surface area contributed by atoms with Crippen LogP contribution in [0.1, 0.15) is 96.8 Å². The molecule has 1 radical (unpaired) electrons. The van der Waals surface area contributed by atoms with Crippen LogP contribution in [0.15, 0.2) is 0 Å². The van der Waals surface area contributed by atoms with Crippen LogP contribution in [-0.2, 0) is 0 Å². The molecular formula is C16H35O. The van der Waals surface area contributed by atoms with E-state index in [-0.39, 0.29) is 5.48 Å². The van der Waals surface area contributed by atoms with Crippen molar-refractivity contribution in [3.05, 3.63) is 6.92 Å². The number of rotatable bonds is 13. The Labute approximate surface area is 110 Å². The molecule has 0 aromatic carbocycles. The molecule has 0 saturated heterocycles. The minimum atomic E-state index is 0. The highest BCUT2D eigenvalue weighted by Gasteiger charge is 1.92. The SMILES string of the molecule is O.[CH2]CCCCCCCCCCCCCCC.